The van der Waals surface area contributed by atoms with Crippen LogP contribution in [0.3, 0.4) is 0 Å². The fourth-order valence-corrected chi connectivity index (χ4v) is 2.45. The van der Waals surface area contributed by atoms with Crippen molar-refractivity contribution in [3.8, 4) is 0 Å². The lowest BCUT2D eigenvalue weighted by Crippen LogP contribution is -2.46. The number of halogens is 1. The number of rotatable bonds is 5. The van der Waals surface area contributed by atoms with E-state index in [2.05, 4.69) is 24.4 Å². The van der Waals surface area contributed by atoms with Crippen molar-refractivity contribution in [2.24, 2.45) is 0 Å². The van der Waals surface area contributed by atoms with E-state index in [1.165, 1.54) is 5.56 Å². The van der Waals surface area contributed by atoms with Crippen molar-refractivity contribution >= 4 is 11.6 Å². The smallest absolute Gasteiger partial charge is 0.0601 e. The third kappa shape index (κ3) is 3.21. The molecule has 0 saturated heterocycles. The molecule has 1 saturated carbocycles. The average Bonchev–Trinajstić information content (AvgIpc) is 2.29. The Morgan fingerprint density at radius 3 is 2.53 bits per heavy atom. The molecule has 0 amide bonds. The van der Waals surface area contributed by atoms with E-state index in [4.69, 9.17) is 16.3 Å². The van der Waals surface area contributed by atoms with Crippen LogP contribution in [0.4, 0.5) is 0 Å². The normalized spacial score (nSPS) is 25.4. The van der Waals surface area contributed by atoms with Crippen molar-refractivity contribution in [3.63, 3.8) is 0 Å². The monoisotopic (exact) mass is 253 g/mol. The molecule has 0 bridgehead atoms. The van der Waals surface area contributed by atoms with E-state index in [0.29, 0.717) is 18.2 Å². The summed E-state index contributed by atoms with van der Waals surface area (Å²) >= 11 is 5.90. The van der Waals surface area contributed by atoms with Gasteiger partial charge in [-0.3, -0.25) is 0 Å². The molecule has 1 aromatic rings. The summed E-state index contributed by atoms with van der Waals surface area (Å²) in [5.41, 5.74) is 1.32. The van der Waals surface area contributed by atoms with Gasteiger partial charge in [-0.15, -0.1) is 0 Å². The second-order valence-electron chi connectivity index (χ2n) is 4.71. The third-order valence-corrected chi connectivity index (χ3v) is 3.80. The molecule has 1 aromatic carbocycles. The highest BCUT2D eigenvalue weighted by Crippen LogP contribution is 2.27. The van der Waals surface area contributed by atoms with E-state index in [9.17, 15) is 0 Å². The van der Waals surface area contributed by atoms with Crippen molar-refractivity contribution in [2.45, 2.75) is 44.4 Å². The minimum Gasteiger partial charge on any atom is -0.381 e. The molecule has 0 spiro atoms. The van der Waals surface area contributed by atoms with Crippen molar-refractivity contribution < 1.29 is 4.74 Å². The van der Waals surface area contributed by atoms with E-state index in [1.54, 1.807) is 7.11 Å². The molecule has 2 nitrogen and oxygen atoms in total. The molecule has 1 fully saturated rings. The first-order valence-electron chi connectivity index (χ1n) is 6.27. The van der Waals surface area contributed by atoms with Crippen LogP contribution >= 0.6 is 11.6 Å². The summed E-state index contributed by atoms with van der Waals surface area (Å²) in [6.07, 6.45) is 3.80. The lowest BCUT2D eigenvalue weighted by Gasteiger charge is -2.37. The molecule has 3 heteroatoms. The maximum Gasteiger partial charge on any atom is 0.0601 e. The Morgan fingerprint density at radius 2 is 2.00 bits per heavy atom. The van der Waals surface area contributed by atoms with E-state index in [-0.39, 0.29) is 0 Å². The van der Waals surface area contributed by atoms with Gasteiger partial charge in [-0.2, -0.15) is 0 Å². The summed E-state index contributed by atoms with van der Waals surface area (Å²) in [5.74, 6) is 0. The van der Waals surface area contributed by atoms with Gasteiger partial charge < -0.3 is 10.1 Å². The quantitative estimate of drug-likeness (QED) is 0.867. The zero-order valence-corrected chi connectivity index (χ0v) is 11.2. The van der Waals surface area contributed by atoms with Gasteiger partial charge in [-0.25, -0.2) is 0 Å². The topological polar surface area (TPSA) is 21.3 Å². The molecule has 1 atom stereocenters. The van der Waals surface area contributed by atoms with E-state index in [0.717, 1.165) is 24.3 Å². The minimum absolute atomic E-state index is 0.426. The van der Waals surface area contributed by atoms with Crippen LogP contribution in [-0.2, 0) is 4.74 Å². The second-order valence-corrected chi connectivity index (χ2v) is 5.14. The molecule has 0 aliphatic heterocycles. The summed E-state index contributed by atoms with van der Waals surface area (Å²) in [7, 11) is 1.79. The van der Waals surface area contributed by atoms with Gasteiger partial charge in [-0.1, -0.05) is 30.7 Å². The standard InChI is InChI=1S/C14H20ClNO/c1-3-14(10-4-6-11(15)7-5-10)16-12-8-13(9-12)17-2/h4-7,12-14,16H,3,8-9H2,1-2H3. The fourth-order valence-electron chi connectivity index (χ4n) is 2.32. The van der Waals surface area contributed by atoms with Crippen LogP contribution in [0.25, 0.3) is 0 Å². The SMILES string of the molecule is CCC(NC1CC(OC)C1)c1ccc(Cl)cc1. The number of hydrogen-bond acceptors (Lipinski definition) is 2. The van der Waals surface area contributed by atoms with E-state index >= 15 is 0 Å². The van der Waals surface area contributed by atoms with Gasteiger partial charge in [0.1, 0.15) is 0 Å². The van der Waals surface area contributed by atoms with Gasteiger partial charge in [0.25, 0.3) is 0 Å². The maximum absolute atomic E-state index is 5.90. The highest BCUT2D eigenvalue weighted by molar-refractivity contribution is 6.30. The molecule has 17 heavy (non-hydrogen) atoms. The van der Waals surface area contributed by atoms with Crippen LogP contribution in [0, 0.1) is 0 Å². The first-order valence-corrected chi connectivity index (χ1v) is 6.65. The average molecular weight is 254 g/mol. The fraction of sp³-hybridized carbons (Fsp3) is 0.571. The molecule has 1 N–H and O–H groups in total. The molecule has 1 aliphatic rings. The number of nitrogens with one attached hydrogen (secondary N) is 1. The summed E-state index contributed by atoms with van der Waals surface area (Å²) in [6.45, 7) is 2.21. The largest absolute Gasteiger partial charge is 0.381 e. The molecule has 0 aromatic heterocycles. The Labute approximate surface area is 108 Å². The first-order chi connectivity index (χ1) is 8.22. The summed E-state index contributed by atoms with van der Waals surface area (Å²) in [4.78, 5) is 0. The van der Waals surface area contributed by atoms with Crippen LogP contribution < -0.4 is 5.32 Å². The van der Waals surface area contributed by atoms with Gasteiger partial charge in [0.15, 0.2) is 0 Å². The van der Waals surface area contributed by atoms with Gasteiger partial charge in [0.05, 0.1) is 6.10 Å². The van der Waals surface area contributed by atoms with Crippen LogP contribution in [-0.4, -0.2) is 19.3 Å². The highest BCUT2D eigenvalue weighted by Gasteiger charge is 2.30. The minimum atomic E-state index is 0.426. The molecule has 94 valence electrons. The number of ether oxygens (including phenoxy) is 1. The number of methoxy groups -OCH3 is 1. The van der Waals surface area contributed by atoms with Crippen molar-refractivity contribution in [3.05, 3.63) is 34.9 Å². The van der Waals surface area contributed by atoms with Gasteiger partial charge in [0, 0.05) is 24.2 Å². The zero-order chi connectivity index (χ0) is 12.3. The van der Waals surface area contributed by atoms with Crippen LogP contribution in [0.1, 0.15) is 37.8 Å². The predicted molar refractivity (Wildman–Crippen MR) is 71.4 cm³/mol. The van der Waals surface area contributed by atoms with Gasteiger partial charge in [0.2, 0.25) is 0 Å². The van der Waals surface area contributed by atoms with Crippen molar-refractivity contribution in [1.29, 1.82) is 0 Å². The molecule has 1 aliphatic carbocycles. The van der Waals surface area contributed by atoms with E-state index < -0.39 is 0 Å². The van der Waals surface area contributed by atoms with E-state index in [1.807, 2.05) is 12.1 Å². The number of hydrogen-bond donors (Lipinski definition) is 1. The Balaban J connectivity index is 1.91. The molecule has 2 rings (SSSR count). The predicted octanol–water partition coefficient (Wildman–Crippen LogP) is 3.56. The molecule has 1 unspecified atom stereocenters. The maximum atomic E-state index is 5.90. The Kier molecular flexibility index (Phi) is 4.43. The lowest BCUT2D eigenvalue weighted by molar-refractivity contribution is 0.0139. The first kappa shape index (κ1) is 12.9. The van der Waals surface area contributed by atoms with Crippen LogP contribution in [0.2, 0.25) is 5.02 Å². The number of benzene rings is 1. The lowest BCUT2D eigenvalue weighted by atomic mass is 9.87. The Morgan fingerprint density at radius 1 is 1.35 bits per heavy atom. The van der Waals surface area contributed by atoms with Crippen molar-refractivity contribution in [1.82, 2.24) is 5.32 Å². The molecular weight excluding hydrogens is 234 g/mol. The Bertz CT molecular complexity index is 346. The second kappa shape index (κ2) is 5.85. The van der Waals surface area contributed by atoms with Crippen LogP contribution in [0.5, 0.6) is 0 Å². The van der Waals surface area contributed by atoms with Gasteiger partial charge >= 0.3 is 0 Å². The molecular formula is C14H20ClNO. The third-order valence-electron chi connectivity index (χ3n) is 3.55. The van der Waals surface area contributed by atoms with Crippen molar-refractivity contribution in [2.75, 3.05) is 7.11 Å². The summed E-state index contributed by atoms with van der Waals surface area (Å²) in [5, 5.41) is 4.48. The zero-order valence-electron chi connectivity index (χ0n) is 10.4. The molecule has 0 radical (unpaired) electrons. The van der Waals surface area contributed by atoms with Gasteiger partial charge in [-0.05, 0) is 37.0 Å². The summed E-state index contributed by atoms with van der Waals surface area (Å²) in [6, 6.07) is 9.15. The molecule has 0 heterocycles. The Hall–Kier alpha value is -0.570. The summed E-state index contributed by atoms with van der Waals surface area (Å²) < 4.78 is 5.30. The highest BCUT2D eigenvalue weighted by atomic mass is 35.5. The van der Waals surface area contributed by atoms with Crippen LogP contribution in [0.15, 0.2) is 24.3 Å².